The summed E-state index contributed by atoms with van der Waals surface area (Å²) < 4.78 is 8.42. The highest BCUT2D eigenvalue weighted by Crippen LogP contribution is 2.25. The Bertz CT molecular complexity index is 479. The van der Waals surface area contributed by atoms with Gasteiger partial charge in [-0.3, -0.25) is 4.57 Å². The quantitative estimate of drug-likeness (QED) is 0.834. The van der Waals surface area contributed by atoms with Crippen LogP contribution in [0, 0.1) is 6.92 Å². The average Bonchev–Trinajstić information content (AvgIpc) is 2.53. The Hall–Kier alpha value is -1.29. The number of halogens is 1. The molecule has 0 saturated heterocycles. The first-order valence-electron chi connectivity index (χ1n) is 4.59. The topological polar surface area (TPSA) is 27.1 Å². The van der Waals surface area contributed by atoms with Crippen molar-refractivity contribution in [2.75, 3.05) is 0 Å². The molecule has 0 atom stereocenters. The van der Waals surface area contributed by atoms with Gasteiger partial charge in [-0.25, -0.2) is 4.98 Å². The fourth-order valence-electron chi connectivity index (χ4n) is 1.24. The molecule has 0 amide bonds. The van der Waals surface area contributed by atoms with Crippen molar-refractivity contribution < 1.29 is 4.74 Å². The summed E-state index contributed by atoms with van der Waals surface area (Å²) in [5.41, 5.74) is 1.09. The fraction of sp³-hybridized carbons (Fsp3) is 0.182. The van der Waals surface area contributed by atoms with Crippen LogP contribution in [0.1, 0.15) is 5.56 Å². The molecule has 2 aromatic rings. The van der Waals surface area contributed by atoms with Crippen LogP contribution in [-0.4, -0.2) is 9.55 Å². The van der Waals surface area contributed by atoms with Crippen LogP contribution in [0.5, 0.6) is 11.8 Å². The van der Waals surface area contributed by atoms with E-state index in [1.807, 2.05) is 42.8 Å². The molecule has 1 aromatic carbocycles. The van der Waals surface area contributed by atoms with Gasteiger partial charge in [0, 0.05) is 7.05 Å². The van der Waals surface area contributed by atoms with Gasteiger partial charge in [0.15, 0.2) is 0 Å². The van der Waals surface area contributed by atoms with E-state index in [0.29, 0.717) is 6.01 Å². The smallest absolute Gasteiger partial charge is 0.302 e. The van der Waals surface area contributed by atoms with Gasteiger partial charge in [0.05, 0.1) is 6.20 Å². The van der Waals surface area contributed by atoms with Crippen molar-refractivity contribution in [3.05, 3.63) is 40.6 Å². The number of benzene rings is 1. The minimum absolute atomic E-state index is 0.580. The van der Waals surface area contributed by atoms with Crippen LogP contribution in [-0.2, 0) is 7.05 Å². The minimum Gasteiger partial charge on any atom is -0.425 e. The molecule has 0 N–H and O–H groups in total. The van der Waals surface area contributed by atoms with Gasteiger partial charge in [-0.1, -0.05) is 18.2 Å². The van der Waals surface area contributed by atoms with Gasteiger partial charge in [-0.05, 0) is 34.5 Å². The second-order valence-electron chi connectivity index (χ2n) is 3.29. The summed E-state index contributed by atoms with van der Waals surface area (Å²) in [5.74, 6) is 0.832. The molecule has 0 aliphatic carbocycles. The third-order valence-electron chi connectivity index (χ3n) is 2.18. The normalized spacial score (nSPS) is 10.3. The highest BCUT2D eigenvalue weighted by atomic mass is 79.9. The highest BCUT2D eigenvalue weighted by Gasteiger charge is 2.07. The number of aryl methyl sites for hydroxylation is 1. The summed E-state index contributed by atoms with van der Waals surface area (Å²) in [6.07, 6.45) is 1.72. The number of imidazole rings is 1. The first-order chi connectivity index (χ1) is 7.18. The molecule has 15 heavy (non-hydrogen) atoms. The zero-order valence-corrected chi connectivity index (χ0v) is 10.2. The SMILES string of the molecule is Cc1ccccc1Oc1ncc(Br)n1C. The van der Waals surface area contributed by atoms with E-state index < -0.39 is 0 Å². The summed E-state index contributed by atoms with van der Waals surface area (Å²) in [7, 11) is 1.89. The van der Waals surface area contributed by atoms with E-state index >= 15 is 0 Å². The summed E-state index contributed by atoms with van der Waals surface area (Å²) >= 11 is 3.37. The fourth-order valence-corrected chi connectivity index (χ4v) is 1.49. The average molecular weight is 267 g/mol. The second kappa shape index (κ2) is 4.06. The number of nitrogens with zero attached hydrogens (tertiary/aromatic N) is 2. The van der Waals surface area contributed by atoms with Crippen LogP contribution in [0.25, 0.3) is 0 Å². The van der Waals surface area contributed by atoms with E-state index in [0.717, 1.165) is 15.9 Å². The highest BCUT2D eigenvalue weighted by molar-refractivity contribution is 9.10. The number of aromatic nitrogens is 2. The second-order valence-corrected chi connectivity index (χ2v) is 4.10. The van der Waals surface area contributed by atoms with Crippen LogP contribution in [0.2, 0.25) is 0 Å². The summed E-state index contributed by atoms with van der Waals surface area (Å²) in [6, 6.07) is 8.44. The predicted molar refractivity (Wildman–Crippen MR) is 62.2 cm³/mol. The maximum Gasteiger partial charge on any atom is 0.302 e. The molecule has 2 rings (SSSR count). The molecule has 1 heterocycles. The van der Waals surface area contributed by atoms with E-state index in [1.54, 1.807) is 6.20 Å². The maximum absolute atomic E-state index is 5.68. The number of ether oxygens (including phenoxy) is 1. The van der Waals surface area contributed by atoms with Crippen molar-refractivity contribution in [3.63, 3.8) is 0 Å². The van der Waals surface area contributed by atoms with E-state index in [-0.39, 0.29) is 0 Å². The van der Waals surface area contributed by atoms with Crippen LogP contribution < -0.4 is 4.74 Å². The number of para-hydroxylation sites is 1. The van der Waals surface area contributed by atoms with Crippen molar-refractivity contribution in [3.8, 4) is 11.8 Å². The van der Waals surface area contributed by atoms with Gasteiger partial charge in [-0.15, -0.1) is 0 Å². The first kappa shape index (κ1) is 10.2. The monoisotopic (exact) mass is 266 g/mol. The lowest BCUT2D eigenvalue weighted by Gasteiger charge is -2.07. The lowest BCUT2D eigenvalue weighted by Crippen LogP contribution is -1.95. The van der Waals surface area contributed by atoms with Crippen molar-refractivity contribution in [2.24, 2.45) is 7.05 Å². The number of hydrogen-bond acceptors (Lipinski definition) is 2. The Labute approximate surface area is 96.8 Å². The molecule has 3 nitrogen and oxygen atoms in total. The molecular weight excluding hydrogens is 256 g/mol. The Kier molecular flexibility index (Phi) is 2.77. The van der Waals surface area contributed by atoms with Gasteiger partial charge in [-0.2, -0.15) is 0 Å². The molecule has 0 unspecified atom stereocenters. The van der Waals surface area contributed by atoms with Crippen LogP contribution in [0.15, 0.2) is 35.1 Å². The Morgan fingerprint density at radius 1 is 1.33 bits per heavy atom. The minimum atomic E-state index is 0.580. The summed E-state index contributed by atoms with van der Waals surface area (Å²) in [5, 5.41) is 0. The molecule has 4 heteroatoms. The van der Waals surface area contributed by atoms with Crippen molar-refractivity contribution in [2.45, 2.75) is 6.92 Å². The molecule has 0 spiro atoms. The molecule has 0 radical (unpaired) electrons. The molecule has 1 aromatic heterocycles. The standard InChI is InChI=1S/C11H11BrN2O/c1-8-5-3-4-6-9(8)15-11-13-7-10(12)14(11)2/h3-7H,1-2H3. The maximum atomic E-state index is 5.68. The molecule has 78 valence electrons. The van der Waals surface area contributed by atoms with Crippen molar-refractivity contribution >= 4 is 15.9 Å². The zero-order chi connectivity index (χ0) is 10.8. The largest absolute Gasteiger partial charge is 0.425 e. The predicted octanol–water partition coefficient (Wildman–Crippen LogP) is 3.28. The van der Waals surface area contributed by atoms with Gasteiger partial charge >= 0.3 is 6.01 Å². The zero-order valence-electron chi connectivity index (χ0n) is 8.57. The molecule has 0 saturated carbocycles. The molecule has 0 fully saturated rings. The summed E-state index contributed by atoms with van der Waals surface area (Å²) in [4.78, 5) is 4.15. The lowest BCUT2D eigenvalue weighted by atomic mass is 10.2. The van der Waals surface area contributed by atoms with Gasteiger partial charge in [0.2, 0.25) is 0 Å². The van der Waals surface area contributed by atoms with Crippen molar-refractivity contribution in [1.82, 2.24) is 9.55 Å². The van der Waals surface area contributed by atoms with Gasteiger partial charge in [0.1, 0.15) is 10.4 Å². The lowest BCUT2D eigenvalue weighted by molar-refractivity contribution is 0.420. The first-order valence-corrected chi connectivity index (χ1v) is 5.38. The van der Waals surface area contributed by atoms with Crippen molar-refractivity contribution in [1.29, 1.82) is 0 Å². The molecule has 0 aliphatic heterocycles. The van der Waals surface area contributed by atoms with E-state index in [9.17, 15) is 0 Å². The van der Waals surface area contributed by atoms with Gasteiger partial charge < -0.3 is 4.74 Å². The third-order valence-corrected chi connectivity index (χ3v) is 2.92. The van der Waals surface area contributed by atoms with Crippen LogP contribution in [0.3, 0.4) is 0 Å². The summed E-state index contributed by atoms with van der Waals surface area (Å²) in [6.45, 7) is 2.01. The number of rotatable bonds is 2. The van der Waals surface area contributed by atoms with E-state index in [1.165, 1.54) is 0 Å². The Morgan fingerprint density at radius 3 is 2.67 bits per heavy atom. The Balaban J connectivity index is 2.30. The number of hydrogen-bond donors (Lipinski definition) is 0. The molecule has 0 bridgehead atoms. The van der Waals surface area contributed by atoms with E-state index in [4.69, 9.17) is 4.74 Å². The van der Waals surface area contributed by atoms with Crippen LogP contribution >= 0.6 is 15.9 Å². The molecular formula is C11H11BrN2O. The van der Waals surface area contributed by atoms with Crippen LogP contribution in [0.4, 0.5) is 0 Å². The third kappa shape index (κ3) is 2.04. The van der Waals surface area contributed by atoms with Gasteiger partial charge in [0.25, 0.3) is 0 Å². The Morgan fingerprint density at radius 2 is 2.07 bits per heavy atom. The van der Waals surface area contributed by atoms with E-state index in [2.05, 4.69) is 20.9 Å². The molecule has 0 aliphatic rings.